The molecule has 0 spiro atoms. The standard InChI is InChI=1S/C20H19ClN2O3S/c1-2-17-18(11-26-15-7-5-12(6-8-15)19(22)25)27-20(23-17)13-3-4-14(10-24)16(21)9-13/h3-9,24H,2,10-11H2,1H3,(H2,22,25). The number of aromatic nitrogens is 1. The van der Waals surface area contributed by atoms with Gasteiger partial charge in [0.05, 0.1) is 17.2 Å². The maximum Gasteiger partial charge on any atom is 0.248 e. The highest BCUT2D eigenvalue weighted by molar-refractivity contribution is 7.15. The molecule has 0 atom stereocenters. The van der Waals surface area contributed by atoms with Gasteiger partial charge in [-0.3, -0.25) is 4.79 Å². The highest BCUT2D eigenvalue weighted by Crippen LogP contribution is 2.32. The fourth-order valence-electron chi connectivity index (χ4n) is 2.57. The topological polar surface area (TPSA) is 85.4 Å². The van der Waals surface area contributed by atoms with Gasteiger partial charge in [0.1, 0.15) is 17.4 Å². The maximum absolute atomic E-state index is 11.1. The predicted molar refractivity (Wildman–Crippen MR) is 107 cm³/mol. The predicted octanol–water partition coefficient (Wildman–Crippen LogP) is 4.20. The largest absolute Gasteiger partial charge is 0.488 e. The summed E-state index contributed by atoms with van der Waals surface area (Å²) in [6, 6.07) is 12.3. The van der Waals surface area contributed by atoms with Crippen LogP contribution in [0.2, 0.25) is 5.02 Å². The fraction of sp³-hybridized carbons (Fsp3) is 0.200. The minimum absolute atomic E-state index is 0.0924. The molecule has 140 valence electrons. The molecular weight excluding hydrogens is 384 g/mol. The van der Waals surface area contributed by atoms with Crippen molar-refractivity contribution in [1.82, 2.24) is 4.98 Å². The summed E-state index contributed by atoms with van der Waals surface area (Å²) < 4.78 is 5.84. The van der Waals surface area contributed by atoms with Gasteiger partial charge in [0.25, 0.3) is 0 Å². The minimum Gasteiger partial charge on any atom is -0.488 e. The van der Waals surface area contributed by atoms with Crippen molar-refractivity contribution in [2.75, 3.05) is 0 Å². The SMILES string of the molecule is CCc1nc(-c2ccc(CO)c(Cl)c2)sc1COc1ccc(C(N)=O)cc1. The lowest BCUT2D eigenvalue weighted by molar-refractivity contribution is 0.1000. The fourth-order valence-corrected chi connectivity index (χ4v) is 3.87. The Labute approximate surface area is 166 Å². The minimum atomic E-state index is -0.465. The molecule has 1 aromatic heterocycles. The van der Waals surface area contributed by atoms with Crippen molar-refractivity contribution in [1.29, 1.82) is 0 Å². The van der Waals surface area contributed by atoms with E-state index < -0.39 is 5.91 Å². The van der Waals surface area contributed by atoms with E-state index in [0.29, 0.717) is 28.5 Å². The van der Waals surface area contributed by atoms with Gasteiger partial charge < -0.3 is 15.6 Å². The van der Waals surface area contributed by atoms with Gasteiger partial charge in [0.2, 0.25) is 5.91 Å². The molecule has 0 unspecified atom stereocenters. The number of halogens is 1. The zero-order chi connectivity index (χ0) is 19.4. The van der Waals surface area contributed by atoms with Crippen LogP contribution in [0.3, 0.4) is 0 Å². The van der Waals surface area contributed by atoms with Gasteiger partial charge in [0.15, 0.2) is 0 Å². The Morgan fingerprint density at radius 2 is 2.00 bits per heavy atom. The first-order chi connectivity index (χ1) is 13.0. The molecule has 5 nitrogen and oxygen atoms in total. The Balaban J connectivity index is 1.78. The molecule has 0 fully saturated rings. The molecule has 0 saturated heterocycles. The monoisotopic (exact) mass is 402 g/mol. The lowest BCUT2D eigenvalue weighted by Gasteiger charge is -2.06. The van der Waals surface area contributed by atoms with Crippen LogP contribution in [0.1, 0.15) is 33.4 Å². The lowest BCUT2D eigenvalue weighted by atomic mass is 10.1. The normalized spacial score (nSPS) is 10.8. The number of benzene rings is 2. The molecule has 1 amide bonds. The average Bonchev–Trinajstić information content (AvgIpc) is 3.10. The summed E-state index contributed by atoms with van der Waals surface area (Å²) >= 11 is 7.75. The van der Waals surface area contributed by atoms with Crippen molar-refractivity contribution in [2.45, 2.75) is 26.6 Å². The van der Waals surface area contributed by atoms with Crippen LogP contribution in [0.15, 0.2) is 42.5 Å². The number of nitrogens with two attached hydrogens (primary N) is 1. The number of thiazole rings is 1. The van der Waals surface area contributed by atoms with Crippen LogP contribution in [0.4, 0.5) is 0 Å². The van der Waals surface area contributed by atoms with Crippen molar-refractivity contribution in [2.24, 2.45) is 5.73 Å². The Kier molecular flexibility index (Phi) is 6.11. The van der Waals surface area contributed by atoms with Crippen LogP contribution < -0.4 is 10.5 Å². The molecule has 1 heterocycles. The zero-order valence-corrected chi connectivity index (χ0v) is 16.3. The summed E-state index contributed by atoms with van der Waals surface area (Å²) in [7, 11) is 0. The van der Waals surface area contributed by atoms with E-state index in [1.54, 1.807) is 41.7 Å². The number of aliphatic hydroxyl groups is 1. The summed E-state index contributed by atoms with van der Waals surface area (Å²) in [4.78, 5) is 16.9. The molecular formula is C20H19ClN2O3S. The third-order valence-corrected chi connectivity index (χ3v) is 5.56. The second-order valence-corrected chi connectivity index (χ2v) is 7.37. The van der Waals surface area contributed by atoms with E-state index in [0.717, 1.165) is 27.6 Å². The van der Waals surface area contributed by atoms with Gasteiger partial charge in [-0.15, -0.1) is 11.3 Å². The smallest absolute Gasteiger partial charge is 0.248 e. The van der Waals surface area contributed by atoms with Crippen LogP contribution >= 0.6 is 22.9 Å². The third-order valence-electron chi connectivity index (χ3n) is 4.09. The van der Waals surface area contributed by atoms with Crippen LogP contribution in [0.25, 0.3) is 10.6 Å². The van der Waals surface area contributed by atoms with Gasteiger partial charge in [-0.25, -0.2) is 4.98 Å². The maximum atomic E-state index is 11.1. The number of carbonyl (C=O) groups excluding carboxylic acids is 1. The number of hydrogen-bond acceptors (Lipinski definition) is 5. The molecule has 0 saturated carbocycles. The molecule has 3 aromatic rings. The summed E-state index contributed by atoms with van der Waals surface area (Å²) in [5, 5.41) is 10.6. The number of rotatable bonds is 7. The summed E-state index contributed by atoms with van der Waals surface area (Å²) in [6.45, 7) is 2.34. The molecule has 0 aliphatic heterocycles. The van der Waals surface area contributed by atoms with E-state index in [1.165, 1.54) is 0 Å². The number of amides is 1. The molecule has 3 N–H and O–H groups in total. The average molecular weight is 403 g/mol. The lowest BCUT2D eigenvalue weighted by Crippen LogP contribution is -2.10. The van der Waals surface area contributed by atoms with Crippen molar-refractivity contribution in [3.63, 3.8) is 0 Å². The Bertz CT molecular complexity index is 954. The van der Waals surface area contributed by atoms with Gasteiger partial charge in [0, 0.05) is 16.1 Å². The van der Waals surface area contributed by atoms with Crippen molar-refractivity contribution >= 4 is 28.8 Å². The van der Waals surface area contributed by atoms with Crippen LogP contribution in [-0.2, 0) is 19.6 Å². The molecule has 0 aliphatic carbocycles. The van der Waals surface area contributed by atoms with E-state index >= 15 is 0 Å². The van der Waals surface area contributed by atoms with Crippen LogP contribution in [0, 0.1) is 0 Å². The number of aliphatic hydroxyl groups excluding tert-OH is 1. The number of aryl methyl sites for hydroxylation is 1. The molecule has 7 heteroatoms. The van der Waals surface area contributed by atoms with Crippen molar-refractivity contribution < 1.29 is 14.6 Å². The van der Waals surface area contributed by atoms with Gasteiger partial charge >= 0.3 is 0 Å². The van der Waals surface area contributed by atoms with Gasteiger partial charge in [-0.05, 0) is 42.3 Å². The quantitative estimate of drug-likeness (QED) is 0.620. The molecule has 0 aliphatic rings. The summed E-state index contributed by atoms with van der Waals surface area (Å²) in [5.41, 5.74) is 8.27. The molecule has 3 rings (SSSR count). The first kappa shape index (κ1) is 19.4. The number of carbonyl (C=O) groups is 1. The summed E-state index contributed by atoms with van der Waals surface area (Å²) in [6.07, 6.45) is 0.790. The number of ether oxygens (including phenoxy) is 1. The first-order valence-corrected chi connectivity index (χ1v) is 9.62. The first-order valence-electron chi connectivity index (χ1n) is 8.42. The summed E-state index contributed by atoms with van der Waals surface area (Å²) in [5.74, 6) is 0.195. The van der Waals surface area contributed by atoms with Gasteiger partial charge in [-0.1, -0.05) is 30.7 Å². The Hall–Kier alpha value is -2.41. The zero-order valence-electron chi connectivity index (χ0n) is 14.7. The second-order valence-electron chi connectivity index (χ2n) is 5.88. The molecule has 27 heavy (non-hydrogen) atoms. The van der Waals surface area contributed by atoms with Crippen molar-refractivity contribution in [3.05, 3.63) is 69.2 Å². The Morgan fingerprint density at radius 3 is 2.59 bits per heavy atom. The second kappa shape index (κ2) is 8.52. The number of primary amides is 1. The van der Waals surface area contributed by atoms with E-state index in [-0.39, 0.29) is 6.61 Å². The molecule has 0 bridgehead atoms. The molecule has 2 aromatic carbocycles. The van der Waals surface area contributed by atoms with Crippen molar-refractivity contribution in [3.8, 4) is 16.3 Å². The Morgan fingerprint density at radius 1 is 1.26 bits per heavy atom. The van der Waals surface area contributed by atoms with E-state index in [2.05, 4.69) is 0 Å². The highest BCUT2D eigenvalue weighted by Gasteiger charge is 2.13. The van der Waals surface area contributed by atoms with Crippen LogP contribution in [-0.4, -0.2) is 16.0 Å². The van der Waals surface area contributed by atoms with E-state index in [4.69, 9.17) is 27.1 Å². The van der Waals surface area contributed by atoms with Gasteiger partial charge in [-0.2, -0.15) is 0 Å². The third kappa shape index (κ3) is 4.47. The number of nitrogens with zero attached hydrogens (tertiary/aromatic N) is 1. The number of hydrogen-bond donors (Lipinski definition) is 2. The van der Waals surface area contributed by atoms with E-state index in [9.17, 15) is 9.90 Å². The van der Waals surface area contributed by atoms with Crippen LogP contribution in [0.5, 0.6) is 5.75 Å². The highest BCUT2D eigenvalue weighted by atomic mass is 35.5. The molecule has 0 radical (unpaired) electrons. The van der Waals surface area contributed by atoms with E-state index in [1.807, 2.05) is 19.1 Å².